The number of hydrogen-bond acceptors (Lipinski definition) is 7. The molecule has 1 aromatic carbocycles. The SMILES string of the molecule is COC(=O)[C@H]1CC[C@@H]2C(CC[C@@H]2NC(=O)c2cc(C(=O)NCc3ccc(F)c(C)c3)nc(N=C(N)N)n2)C1. The molecular formula is C26H32FN7O4. The Balaban J connectivity index is 1.47. The second-order valence-corrected chi connectivity index (χ2v) is 9.86. The molecule has 6 N–H and O–H groups in total. The molecule has 12 heteroatoms. The van der Waals surface area contributed by atoms with Gasteiger partial charge < -0.3 is 26.8 Å². The van der Waals surface area contributed by atoms with Crippen LogP contribution in [0.4, 0.5) is 10.3 Å². The molecule has 0 spiro atoms. The van der Waals surface area contributed by atoms with E-state index in [0.29, 0.717) is 17.0 Å². The number of rotatable bonds is 7. The summed E-state index contributed by atoms with van der Waals surface area (Å²) in [7, 11) is 1.41. The molecule has 2 aliphatic rings. The number of aromatic nitrogens is 2. The van der Waals surface area contributed by atoms with Gasteiger partial charge in [0.2, 0.25) is 0 Å². The fourth-order valence-corrected chi connectivity index (χ4v) is 5.48. The molecule has 0 bridgehead atoms. The molecule has 0 saturated heterocycles. The molecule has 2 amide bonds. The summed E-state index contributed by atoms with van der Waals surface area (Å²) in [6.45, 7) is 1.76. The summed E-state index contributed by atoms with van der Waals surface area (Å²) in [4.78, 5) is 50.1. The number of guanidine groups is 1. The fourth-order valence-electron chi connectivity index (χ4n) is 5.48. The number of carbonyl (C=O) groups is 3. The van der Waals surface area contributed by atoms with Crippen LogP contribution in [0.1, 0.15) is 64.2 Å². The Morgan fingerprint density at radius 2 is 1.82 bits per heavy atom. The van der Waals surface area contributed by atoms with E-state index in [4.69, 9.17) is 16.2 Å². The van der Waals surface area contributed by atoms with Crippen molar-refractivity contribution in [3.63, 3.8) is 0 Å². The molecule has 2 saturated carbocycles. The van der Waals surface area contributed by atoms with Crippen LogP contribution in [-0.4, -0.2) is 46.9 Å². The average molecular weight is 526 g/mol. The van der Waals surface area contributed by atoms with Crippen LogP contribution in [0.25, 0.3) is 0 Å². The molecule has 1 unspecified atom stereocenters. The number of halogens is 1. The Labute approximate surface area is 219 Å². The van der Waals surface area contributed by atoms with Crippen molar-refractivity contribution in [1.29, 1.82) is 0 Å². The first-order chi connectivity index (χ1) is 18.1. The quantitative estimate of drug-likeness (QED) is 0.241. The van der Waals surface area contributed by atoms with E-state index in [1.54, 1.807) is 19.1 Å². The van der Waals surface area contributed by atoms with Gasteiger partial charge in [-0.2, -0.15) is 4.99 Å². The minimum atomic E-state index is -0.572. The number of ether oxygens (including phenoxy) is 1. The lowest BCUT2D eigenvalue weighted by Crippen LogP contribution is -2.41. The smallest absolute Gasteiger partial charge is 0.308 e. The Bertz CT molecular complexity index is 1260. The molecule has 2 fully saturated rings. The van der Waals surface area contributed by atoms with Crippen molar-refractivity contribution in [3.8, 4) is 0 Å². The van der Waals surface area contributed by atoms with E-state index in [-0.39, 0.29) is 59.5 Å². The van der Waals surface area contributed by atoms with E-state index in [9.17, 15) is 18.8 Å². The summed E-state index contributed by atoms with van der Waals surface area (Å²) in [5.41, 5.74) is 12.0. The van der Waals surface area contributed by atoms with Gasteiger partial charge in [-0.1, -0.05) is 12.1 Å². The highest BCUT2D eigenvalue weighted by Gasteiger charge is 2.42. The summed E-state index contributed by atoms with van der Waals surface area (Å²) in [5, 5.41) is 5.75. The molecular weight excluding hydrogens is 493 g/mol. The van der Waals surface area contributed by atoms with Gasteiger partial charge in [0.25, 0.3) is 17.8 Å². The van der Waals surface area contributed by atoms with E-state index >= 15 is 0 Å². The largest absolute Gasteiger partial charge is 0.469 e. The summed E-state index contributed by atoms with van der Waals surface area (Å²) in [6.07, 6.45) is 3.98. The van der Waals surface area contributed by atoms with Crippen molar-refractivity contribution in [2.24, 2.45) is 34.2 Å². The summed E-state index contributed by atoms with van der Waals surface area (Å²) in [6, 6.07) is 5.74. The number of carbonyl (C=O) groups excluding carboxylic acids is 3. The van der Waals surface area contributed by atoms with Gasteiger partial charge in [0.05, 0.1) is 13.0 Å². The predicted molar refractivity (Wildman–Crippen MR) is 137 cm³/mol. The maximum atomic E-state index is 13.5. The molecule has 0 aliphatic heterocycles. The minimum Gasteiger partial charge on any atom is -0.469 e. The van der Waals surface area contributed by atoms with Gasteiger partial charge in [0.1, 0.15) is 17.2 Å². The Kier molecular flexibility index (Phi) is 8.18. The lowest BCUT2D eigenvalue weighted by molar-refractivity contribution is -0.147. The number of esters is 1. The van der Waals surface area contributed by atoms with Gasteiger partial charge in [-0.3, -0.25) is 14.4 Å². The number of methoxy groups -OCH3 is 1. The lowest BCUT2D eigenvalue weighted by Gasteiger charge is -2.33. The fraction of sp³-hybridized carbons (Fsp3) is 0.462. The normalized spacial score (nSPS) is 22.2. The van der Waals surface area contributed by atoms with Crippen LogP contribution in [0, 0.1) is 30.5 Å². The van der Waals surface area contributed by atoms with Crippen molar-refractivity contribution >= 4 is 29.7 Å². The van der Waals surface area contributed by atoms with Gasteiger partial charge in [-0.05, 0) is 68.1 Å². The molecule has 38 heavy (non-hydrogen) atoms. The number of nitrogens with two attached hydrogens (primary N) is 2. The predicted octanol–water partition coefficient (Wildman–Crippen LogP) is 1.86. The number of amides is 2. The summed E-state index contributed by atoms with van der Waals surface area (Å²) in [5.74, 6) is -1.61. The van der Waals surface area contributed by atoms with E-state index in [1.165, 1.54) is 19.2 Å². The molecule has 4 rings (SSSR count). The van der Waals surface area contributed by atoms with Crippen molar-refractivity contribution in [3.05, 3.63) is 52.6 Å². The van der Waals surface area contributed by atoms with Crippen molar-refractivity contribution in [2.75, 3.05) is 7.11 Å². The van der Waals surface area contributed by atoms with Crippen LogP contribution in [0.15, 0.2) is 29.3 Å². The number of aryl methyl sites for hydroxylation is 1. The third-order valence-corrected chi connectivity index (χ3v) is 7.34. The number of fused-ring (bicyclic) bond motifs is 1. The zero-order valence-electron chi connectivity index (χ0n) is 21.4. The first-order valence-corrected chi connectivity index (χ1v) is 12.5. The van der Waals surface area contributed by atoms with Crippen LogP contribution in [-0.2, 0) is 16.1 Å². The molecule has 0 radical (unpaired) electrons. The third-order valence-electron chi connectivity index (χ3n) is 7.34. The van der Waals surface area contributed by atoms with Crippen LogP contribution in [0.3, 0.4) is 0 Å². The average Bonchev–Trinajstić information content (AvgIpc) is 3.29. The second kappa shape index (κ2) is 11.5. The van der Waals surface area contributed by atoms with Gasteiger partial charge >= 0.3 is 5.97 Å². The van der Waals surface area contributed by atoms with Crippen LogP contribution in [0.2, 0.25) is 0 Å². The first kappa shape index (κ1) is 27.0. The molecule has 11 nitrogen and oxygen atoms in total. The van der Waals surface area contributed by atoms with Crippen molar-refractivity contribution < 1.29 is 23.5 Å². The minimum absolute atomic E-state index is 0.0468. The van der Waals surface area contributed by atoms with Gasteiger partial charge in [0, 0.05) is 18.7 Å². The number of benzene rings is 1. The maximum absolute atomic E-state index is 13.5. The van der Waals surface area contributed by atoms with E-state index in [0.717, 1.165) is 32.1 Å². The molecule has 2 aromatic rings. The Morgan fingerprint density at radius 3 is 2.50 bits per heavy atom. The standard InChI is InChI=1S/C26H32FN7O4/c1-13-9-14(3-7-18(13)27)12-30-22(35)20-11-21(33-26(32-20)34-25(28)29)23(36)31-19-8-5-15-10-16(24(37)38-2)4-6-17(15)19/h3,7,9,11,15-17,19H,4-6,8,10,12H2,1-2H3,(H,30,35)(H,31,36)(H4,28,29,32,33,34)/t15?,16-,17+,19-/m0/s1. The lowest BCUT2D eigenvalue weighted by atomic mass is 9.75. The molecule has 4 atom stereocenters. The molecule has 202 valence electrons. The van der Waals surface area contributed by atoms with E-state index in [1.807, 2.05) is 0 Å². The molecule has 1 heterocycles. The highest BCUT2D eigenvalue weighted by molar-refractivity contribution is 5.98. The van der Waals surface area contributed by atoms with E-state index < -0.39 is 11.8 Å². The number of nitrogens with one attached hydrogen (secondary N) is 2. The number of hydrogen-bond donors (Lipinski definition) is 4. The Hall–Kier alpha value is -4.09. The summed E-state index contributed by atoms with van der Waals surface area (Å²) >= 11 is 0. The monoisotopic (exact) mass is 525 g/mol. The van der Waals surface area contributed by atoms with Crippen LogP contribution >= 0.6 is 0 Å². The molecule has 1 aromatic heterocycles. The zero-order valence-corrected chi connectivity index (χ0v) is 21.4. The van der Waals surface area contributed by atoms with E-state index in [2.05, 4.69) is 25.6 Å². The van der Waals surface area contributed by atoms with Gasteiger partial charge in [-0.25, -0.2) is 14.4 Å². The van der Waals surface area contributed by atoms with Crippen molar-refractivity contribution in [2.45, 2.75) is 51.6 Å². The van der Waals surface area contributed by atoms with Crippen LogP contribution in [0.5, 0.6) is 0 Å². The first-order valence-electron chi connectivity index (χ1n) is 12.5. The zero-order chi connectivity index (χ0) is 27.4. The highest BCUT2D eigenvalue weighted by Crippen LogP contribution is 2.44. The molecule has 2 aliphatic carbocycles. The maximum Gasteiger partial charge on any atom is 0.308 e. The van der Waals surface area contributed by atoms with Gasteiger partial charge in [-0.15, -0.1) is 0 Å². The van der Waals surface area contributed by atoms with Crippen LogP contribution < -0.4 is 22.1 Å². The van der Waals surface area contributed by atoms with Gasteiger partial charge in [0.15, 0.2) is 5.96 Å². The topological polar surface area (TPSA) is 175 Å². The van der Waals surface area contributed by atoms with Crippen molar-refractivity contribution in [1.82, 2.24) is 20.6 Å². The highest BCUT2D eigenvalue weighted by atomic mass is 19.1. The second-order valence-electron chi connectivity index (χ2n) is 9.86. The summed E-state index contributed by atoms with van der Waals surface area (Å²) < 4.78 is 18.4. The number of nitrogens with zero attached hydrogens (tertiary/aromatic N) is 3. The Morgan fingerprint density at radius 1 is 1.08 bits per heavy atom. The third kappa shape index (κ3) is 6.24. The number of aliphatic imine (C=N–C) groups is 1.